The first kappa shape index (κ1) is 16.4. The van der Waals surface area contributed by atoms with E-state index in [2.05, 4.69) is 24.8 Å². The van der Waals surface area contributed by atoms with Gasteiger partial charge in [-0.05, 0) is 25.0 Å². The summed E-state index contributed by atoms with van der Waals surface area (Å²) in [4.78, 5) is 19.2. The van der Waals surface area contributed by atoms with E-state index in [-0.39, 0.29) is 17.6 Å². The zero-order valence-electron chi connectivity index (χ0n) is 14.4. The summed E-state index contributed by atoms with van der Waals surface area (Å²) < 4.78 is 19.1. The number of nitrogen functional groups attached to an aromatic ring is 1. The molecule has 3 heterocycles. The Morgan fingerprint density at radius 2 is 2.15 bits per heavy atom. The predicted octanol–water partition coefficient (Wildman–Crippen LogP) is 2.53. The van der Waals surface area contributed by atoms with E-state index < -0.39 is 5.82 Å². The van der Waals surface area contributed by atoms with Gasteiger partial charge in [0.2, 0.25) is 5.95 Å². The maximum Gasteiger partial charge on any atom is 0.220 e. The van der Waals surface area contributed by atoms with E-state index in [9.17, 15) is 4.39 Å². The molecule has 1 atom stereocenters. The number of rotatable bonds is 3. The quantitative estimate of drug-likeness (QED) is 0.773. The van der Waals surface area contributed by atoms with Crippen LogP contribution >= 0.6 is 0 Å². The number of halogens is 1. The van der Waals surface area contributed by atoms with Crippen molar-refractivity contribution in [3.63, 3.8) is 0 Å². The second kappa shape index (κ2) is 6.70. The number of hydrogen-bond donors (Lipinski definition) is 1. The van der Waals surface area contributed by atoms with Gasteiger partial charge < -0.3 is 15.4 Å². The first-order valence-electron chi connectivity index (χ1n) is 8.47. The number of nitrogens with two attached hydrogens (primary N) is 1. The number of hydrogen-bond acceptors (Lipinski definition) is 7. The number of benzene rings is 1. The van der Waals surface area contributed by atoms with Crippen LogP contribution in [0.2, 0.25) is 0 Å². The average Bonchev–Trinajstić information content (AvgIpc) is 2.67. The van der Waals surface area contributed by atoms with Gasteiger partial charge in [0, 0.05) is 36.7 Å². The minimum atomic E-state index is -0.433. The summed E-state index contributed by atoms with van der Waals surface area (Å²) >= 11 is 0. The second-order valence-corrected chi connectivity index (χ2v) is 6.33. The number of anilines is 2. The lowest BCUT2D eigenvalue weighted by molar-refractivity contribution is 0.387. The number of methoxy groups -OCH3 is 1. The van der Waals surface area contributed by atoms with Crippen molar-refractivity contribution in [3.05, 3.63) is 42.2 Å². The first-order valence-corrected chi connectivity index (χ1v) is 8.47. The highest BCUT2D eigenvalue weighted by Gasteiger charge is 2.25. The van der Waals surface area contributed by atoms with Crippen molar-refractivity contribution in [2.45, 2.75) is 18.8 Å². The summed E-state index contributed by atoms with van der Waals surface area (Å²) in [7, 11) is 1.45. The fourth-order valence-electron chi connectivity index (χ4n) is 3.48. The fraction of sp³-hybridized carbons (Fsp3) is 0.333. The third-order valence-corrected chi connectivity index (χ3v) is 4.72. The van der Waals surface area contributed by atoms with Gasteiger partial charge in [-0.1, -0.05) is 0 Å². The van der Waals surface area contributed by atoms with Crippen LogP contribution in [0.4, 0.5) is 16.2 Å². The molecule has 0 spiro atoms. The molecule has 3 aromatic rings. The normalized spacial score (nSPS) is 17.5. The molecule has 26 heavy (non-hydrogen) atoms. The summed E-state index contributed by atoms with van der Waals surface area (Å²) in [6.07, 6.45) is 5.17. The molecular weight excluding hydrogens is 335 g/mol. The summed E-state index contributed by atoms with van der Waals surface area (Å²) in [5.74, 6) is 1.05. The molecule has 1 aliphatic heterocycles. The van der Waals surface area contributed by atoms with Gasteiger partial charge >= 0.3 is 0 Å². The van der Waals surface area contributed by atoms with Crippen molar-refractivity contribution < 1.29 is 9.13 Å². The molecule has 1 aliphatic rings. The molecule has 2 N–H and O–H groups in total. The number of ether oxygens (including phenoxy) is 1. The van der Waals surface area contributed by atoms with Crippen molar-refractivity contribution in [1.82, 2.24) is 19.9 Å². The van der Waals surface area contributed by atoms with Crippen LogP contribution < -0.4 is 15.4 Å². The number of nitrogens with zero attached hydrogens (tertiary/aromatic N) is 5. The van der Waals surface area contributed by atoms with Crippen molar-refractivity contribution in [2.24, 2.45) is 0 Å². The van der Waals surface area contributed by atoms with E-state index in [0.717, 1.165) is 42.8 Å². The molecule has 0 radical (unpaired) electrons. The molecule has 0 bridgehead atoms. The fourth-order valence-corrected chi connectivity index (χ4v) is 3.48. The van der Waals surface area contributed by atoms with Crippen LogP contribution in [-0.2, 0) is 0 Å². The summed E-state index contributed by atoms with van der Waals surface area (Å²) in [6.45, 7) is 1.62. The molecule has 134 valence electrons. The van der Waals surface area contributed by atoms with Crippen LogP contribution in [0.1, 0.15) is 24.5 Å². The van der Waals surface area contributed by atoms with E-state index >= 15 is 0 Å². The Balaban J connectivity index is 1.70. The molecule has 4 rings (SSSR count). The largest absolute Gasteiger partial charge is 0.494 e. The number of aromatic nitrogens is 4. The van der Waals surface area contributed by atoms with Crippen LogP contribution in [0.15, 0.2) is 30.7 Å². The summed E-state index contributed by atoms with van der Waals surface area (Å²) in [6, 6.07) is 4.94. The van der Waals surface area contributed by atoms with E-state index in [1.54, 1.807) is 12.3 Å². The lowest BCUT2D eigenvalue weighted by Crippen LogP contribution is -2.35. The van der Waals surface area contributed by atoms with E-state index in [1.165, 1.54) is 19.5 Å². The Kier molecular flexibility index (Phi) is 4.24. The smallest absolute Gasteiger partial charge is 0.220 e. The van der Waals surface area contributed by atoms with Gasteiger partial charge in [-0.25, -0.2) is 24.3 Å². The molecule has 1 unspecified atom stereocenters. The van der Waals surface area contributed by atoms with Gasteiger partial charge in [0.15, 0.2) is 11.6 Å². The van der Waals surface area contributed by atoms with Crippen molar-refractivity contribution in [1.29, 1.82) is 0 Å². The highest BCUT2D eigenvalue weighted by atomic mass is 19.1. The van der Waals surface area contributed by atoms with Crippen molar-refractivity contribution in [2.75, 3.05) is 30.8 Å². The Labute approximate surface area is 150 Å². The zero-order valence-corrected chi connectivity index (χ0v) is 14.4. The van der Waals surface area contributed by atoms with Crippen molar-refractivity contribution >= 4 is 22.7 Å². The zero-order chi connectivity index (χ0) is 18.1. The molecule has 0 saturated carbocycles. The van der Waals surface area contributed by atoms with E-state index in [4.69, 9.17) is 10.5 Å². The number of piperidine rings is 1. The molecular formula is C18H19FN6O. The predicted molar refractivity (Wildman–Crippen MR) is 96.7 cm³/mol. The third-order valence-electron chi connectivity index (χ3n) is 4.72. The maximum atomic E-state index is 14.0. The Hall–Kier alpha value is -3.03. The molecule has 0 aliphatic carbocycles. The van der Waals surface area contributed by atoms with Crippen LogP contribution in [0.25, 0.3) is 10.9 Å². The number of fused-ring (bicyclic) bond motifs is 1. The van der Waals surface area contributed by atoms with Crippen LogP contribution in [-0.4, -0.2) is 40.1 Å². The maximum absolute atomic E-state index is 14.0. The molecule has 7 nitrogen and oxygen atoms in total. The molecule has 2 aromatic heterocycles. The molecule has 1 aromatic carbocycles. The van der Waals surface area contributed by atoms with Crippen LogP contribution in [0.3, 0.4) is 0 Å². The second-order valence-electron chi connectivity index (χ2n) is 6.33. The van der Waals surface area contributed by atoms with Gasteiger partial charge in [0.05, 0.1) is 18.3 Å². The van der Waals surface area contributed by atoms with E-state index in [0.29, 0.717) is 5.52 Å². The molecule has 8 heteroatoms. The van der Waals surface area contributed by atoms with Crippen molar-refractivity contribution in [3.8, 4) is 5.75 Å². The monoisotopic (exact) mass is 354 g/mol. The minimum Gasteiger partial charge on any atom is -0.494 e. The van der Waals surface area contributed by atoms with Crippen LogP contribution in [0, 0.1) is 5.82 Å². The summed E-state index contributed by atoms with van der Waals surface area (Å²) in [5.41, 5.74) is 7.22. The SMILES string of the molecule is COc1cc2c(N3CCCC(c4ccnc(N)n4)C3)ncnc2cc1F. The topological polar surface area (TPSA) is 90.0 Å². The lowest BCUT2D eigenvalue weighted by Gasteiger charge is -2.33. The highest BCUT2D eigenvalue weighted by molar-refractivity contribution is 5.90. The Morgan fingerprint density at radius 1 is 1.27 bits per heavy atom. The van der Waals surface area contributed by atoms with Gasteiger partial charge in [0.1, 0.15) is 12.1 Å². The van der Waals surface area contributed by atoms with Gasteiger partial charge in [-0.3, -0.25) is 0 Å². The minimum absolute atomic E-state index is 0.186. The standard InChI is InChI=1S/C18H19FN6O/c1-26-16-7-12-15(8-13(16)19)22-10-23-17(12)25-6-2-3-11(9-25)14-4-5-21-18(20)24-14/h4-5,7-8,10-11H,2-3,6,9H2,1H3,(H2,20,21,24). The average molecular weight is 354 g/mol. The third kappa shape index (κ3) is 2.98. The lowest BCUT2D eigenvalue weighted by atomic mass is 9.94. The van der Waals surface area contributed by atoms with Gasteiger partial charge in [-0.15, -0.1) is 0 Å². The molecule has 1 fully saturated rings. The summed E-state index contributed by atoms with van der Waals surface area (Å²) in [5, 5.41) is 0.772. The first-order chi connectivity index (χ1) is 12.7. The Bertz CT molecular complexity index is 950. The van der Waals surface area contributed by atoms with Crippen LogP contribution in [0.5, 0.6) is 5.75 Å². The highest BCUT2D eigenvalue weighted by Crippen LogP contribution is 2.33. The molecule has 1 saturated heterocycles. The molecule has 0 amide bonds. The Morgan fingerprint density at radius 3 is 2.96 bits per heavy atom. The van der Waals surface area contributed by atoms with Gasteiger partial charge in [-0.2, -0.15) is 0 Å². The van der Waals surface area contributed by atoms with E-state index in [1.807, 2.05) is 6.07 Å². The van der Waals surface area contributed by atoms with Gasteiger partial charge in [0.25, 0.3) is 0 Å².